The van der Waals surface area contributed by atoms with Crippen molar-refractivity contribution in [2.24, 2.45) is 7.05 Å². The molecule has 1 aliphatic heterocycles. The maximum Gasteiger partial charge on any atom is 0.231 e. The third kappa shape index (κ3) is 3.80. The molecule has 2 heterocycles. The number of aromatic nitrogens is 1. The van der Waals surface area contributed by atoms with Crippen LogP contribution in [0.3, 0.4) is 0 Å². The van der Waals surface area contributed by atoms with E-state index in [0.717, 1.165) is 33.5 Å². The van der Waals surface area contributed by atoms with E-state index in [-0.39, 0.29) is 11.5 Å². The summed E-state index contributed by atoms with van der Waals surface area (Å²) in [5.74, 6) is 2.75. The number of carbonyl (C=O) groups excluding carboxylic acids is 1. The number of methoxy groups -OCH3 is 2. The Kier molecular flexibility index (Phi) is 5.26. The van der Waals surface area contributed by atoms with Gasteiger partial charge in [-0.05, 0) is 42.5 Å². The number of carbonyl (C=O) groups is 1. The van der Waals surface area contributed by atoms with E-state index in [0.29, 0.717) is 23.7 Å². The van der Waals surface area contributed by atoms with Gasteiger partial charge in [0.15, 0.2) is 5.76 Å². The fourth-order valence-corrected chi connectivity index (χ4v) is 4.03. The van der Waals surface area contributed by atoms with Crippen molar-refractivity contribution < 1.29 is 23.7 Å². The number of rotatable bonds is 6. The lowest BCUT2D eigenvalue weighted by Crippen LogP contribution is -1.99. The molecule has 0 saturated carbocycles. The second-order valence-electron chi connectivity index (χ2n) is 7.78. The van der Waals surface area contributed by atoms with Crippen LogP contribution in [-0.2, 0) is 13.7 Å². The number of allylic oxidation sites excluding steroid dienone is 1. The van der Waals surface area contributed by atoms with E-state index in [2.05, 4.69) is 0 Å². The molecule has 0 spiro atoms. The standard InChI is InChI=1S/C27H23NO5/c1-28-15-18(22-13-19(30-2)9-11-23(22)28)12-26-27(29)21-10-8-20(14-25(21)33-26)32-16-17-6-4-5-7-24(17)31-3/h4-15H,16H2,1-3H3. The summed E-state index contributed by atoms with van der Waals surface area (Å²) in [6.07, 6.45) is 3.75. The first-order chi connectivity index (χ1) is 16.1. The van der Waals surface area contributed by atoms with Gasteiger partial charge in [0.25, 0.3) is 0 Å². The minimum atomic E-state index is -0.152. The summed E-state index contributed by atoms with van der Waals surface area (Å²) in [6, 6.07) is 18.8. The summed E-state index contributed by atoms with van der Waals surface area (Å²) in [6.45, 7) is 0.345. The number of hydrogen-bond acceptors (Lipinski definition) is 5. The summed E-state index contributed by atoms with van der Waals surface area (Å²) in [5.41, 5.74) is 3.38. The van der Waals surface area contributed by atoms with Crippen molar-refractivity contribution in [2.75, 3.05) is 14.2 Å². The maximum absolute atomic E-state index is 13.0. The zero-order valence-corrected chi connectivity index (χ0v) is 18.6. The van der Waals surface area contributed by atoms with Crippen LogP contribution in [0.15, 0.2) is 72.6 Å². The van der Waals surface area contributed by atoms with Gasteiger partial charge in [-0.2, -0.15) is 0 Å². The summed E-state index contributed by atoms with van der Waals surface area (Å²) < 4.78 is 24.6. The Balaban J connectivity index is 1.40. The number of nitrogens with zero attached hydrogens (tertiary/aromatic N) is 1. The van der Waals surface area contributed by atoms with Gasteiger partial charge < -0.3 is 23.5 Å². The average Bonchev–Trinajstić information content (AvgIpc) is 3.33. The normalized spacial score (nSPS) is 13.8. The monoisotopic (exact) mass is 441 g/mol. The Morgan fingerprint density at radius 2 is 1.79 bits per heavy atom. The molecular weight excluding hydrogens is 418 g/mol. The van der Waals surface area contributed by atoms with Crippen LogP contribution in [0.1, 0.15) is 21.5 Å². The zero-order valence-electron chi connectivity index (χ0n) is 18.6. The van der Waals surface area contributed by atoms with Gasteiger partial charge in [0, 0.05) is 41.3 Å². The van der Waals surface area contributed by atoms with Gasteiger partial charge in [0.1, 0.15) is 29.6 Å². The Morgan fingerprint density at radius 1 is 0.970 bits per heavy atom. The lowest BCUT2D eigenvalue weighted by atomic mass is 10.1. The number of hydrogen-bond donors (Lipinski definition) is 0. The van der Waals surface area contributed by atoms with Crippen LogP contribution in [0.25, 0.3) is 17.0 Å². The minimum absolute atomic E-state index is 0.152. The number of ether oxygens (including phenoxy) is 4. The van der Waals surface area contributed by atoms with Gasteiger partial charge in [-0.3, -0.25) is 4.79 Å². The van der Waals surface area contributed by atoms with Crippen molar-refractivity contribution in [3.63, 3.8) is 0 Å². The molecule has 3 aromatic carbocycles. The zero-order chi connectivity index (χ0) is 22.9. The van der Waals surface area contributed by atoms with Gasteiger partial charge in [-0.1, -0.05) is 18.2 Å². The quantitative estimate of drug-likeness (QED) is 0.376. The highest BCUT2D eigenvalue weighted by molar-refractivity contribution is 6.15. The molecule has 0 radical (unpaired) electrons. The summed E-state index contributed by atoms with van der Waals surface area (Å²) in [5, 5.41) is 0.984. The number of para-hydroxylation sites is 1. The average molecular weight is 441 g/mol. The lowest BCUT2D eigenvalue weighted by Gasteiger charge is -2.10. The smallest absolute Gasteiger partial charge is 0.231 e. The maximum atomic E-state index is 13.0. The van der Waals surface area contributed by atoms with Crippen molar-refractivity contribution in [1.82, 2.24) is 4.57 Å². The molecule has 1 aromatic heterocycles. The minimum Gasteiger partial charge on any atom is -0.497 e. The molecule has 6 nitrogen and oxygen atoms in total. The molecule has 0 amide bonds. The van der Waals surface area contributed by atoms with Crippen molar-refractivity contribution in [3.8, 4) is 23.0 Å². The highest BCUT2D eigenvalue weighted by atomic mass is 16.5. The summed E-state index contributed by atoms with van der Waals surface area (Å²) in [4.78, 5) is 13.0. The fourth-order valence-electron chi connectivity index (χ4n) is 4.03. The third-order valence-electron chi connectivity index (χ3n) is 5.74. The van der Waals surface area contributed by atoms with Crippen LogP contribution >= 0.6 is 0 Å². The van der Waals surface area contributed by atoms with Gasteiger partial charge >= 0.3 is 0 Å². The van der Waals surface area contributed by atoms with Crippen LogP contribution < -0.4 is 18.9 Å². The van der Waals surface area contributed by atoms with Crippen LogP contribution in [0, 0.1) is 0 Å². The van der Waals surface area contributed by atoms with Gasteiger partial charge in [-0.15, -0.1) is 0 Å². The van der Waals surface area contributed by atoms with E-state index in [1.54, 1.807) is 38.5 Å². The van der Waals surface area contributed by atoms with Crippen molar-refractivity contribution in [3.05, 3.63) is 89.3 Å². The molecule has 0 saturated heterocycles. The van der Waals surface area contributed by atoms with Crippen LogP contribution in [0.5, 0.6) is 23.0 Å². The van der Waals surface area contributed by atoms with Gasteiger partial charge in [-0.25, -0.2) is 0 Å². The Hall–Kier alpha value is -4.19. The molecule has 33 heavy (non-hydrogen) atoms. The first kappa shape index (κ1) is 20.7. The summed E-state index contributed by atoms with van der Waals surface area (Å²) in [7, 11) is 5.23. The third-order valence-corrected chi connectivity index (χ3v) is 5.74. The predicted molar refractivity (Wildman–Crippen MR) is 126 cm³/mol. The van der Waals surface area contributed by atoms with Crippen molar-refractivity contribution >= 4 is 22.8 Å². The number of fused-ring (bicyclic) bond motifs is 2. The van der Waals surface area contributed by atoms with E-state index in [1.165, 1.54) is 0 Å². The number of aryl methyl sites for hydroxylation is 1. The van der Waals surface area contributed by atoms with E-state index in [9.17, 15) is 4.79 Å². The molecule has 4 aromatic rings. The molecule has 0 bridgehead atoms. The molecular formula is C27H23NO5. The topological polar surface area (TPSA) is 58.9 Å². The first-order valence-corrected chi connectivity index (χ1v) is 10.5. The molecule has 0 atom stereocenters. The Morgan fingerprint density at radius 3 is 2.61 bits per heavy atom. The molecule has 0 N–H and O–H groups in total. The van der Waals surface area contributed by atoms with Crippen LogP contribution in [0.4, 0.5) is 0 Å². The SMILES string of the molecule is COc1ccc2c(c1)c(C=C1Oc3cc(OCc4ccccc4OC)ccc3C1=O)cn2C. The highest BCUT2D eigenvalue weighted by Crippen LogP contribution is 2.36. The second-order valence-corrected chi connectivity index (χ2v) is 7.78. The predicted octanol–water partition coefficient (Wildman–Crippen LogP) is 5.39. The fraction of sp³-hybridized carbons (Fsp3) is 0.148. The van der Waals surface area contributed by atoms with Crippen molar-refractivity contribution in [2.45, 2.75) is 6.61 Å². The number of benzene rings is 3. The Bertz CT molecular complexity index is 1400. The van der Waals surface area contributed by atoms with Gasteiger partial charge in [0.05, 0.1) is 19.8 Å². The Labute approximate surface area is 191 Å². The molecule has 1 aliphatic rings. The number of ketones is 1. The summed E-state index contributed by atoms with van der Waals surface area (Å²) >= 11 is 0. The first-order valence-electron chi connectivity index (χ1n) is 10.5. The van der Waals surface area contributed by atoms with Crippen LogP contribution in [0.2, 0.25) is 0 Å². The molecule has 6 heteroatoms. The van der Waals surface area contributed by atoms with E-state index in [1.807, 2.05) is 60.3 Å². The molecule has 0 unspecified atom stereocenters. The molecule has 166 valence electrons. The van der Waals surface area contributed by atoms with Crippen molar-refractivity contribution in [1.29, 1.82) is 0 Å². The second kappa shape index (κ2) is 8.39. The highest BCUT2D eigenvalue weighted by Gasteiger charge is 2.28. The molecule has 5 rings (SSSR count). The lowest BCUT2D eigenvalue weighted by molar-refractivity contribution is 0.101. The van der Waals surface area contributed by atoms with Crippen LogP contribution in [-0.4, -0.2) is 24.6 Å². The largest absolute Gasteiger partial charge is 0.497 e. The molecule has 0 aliphatic carbocycles. The molecule has 0 fully saturated rings. The van der Waals surface area contributed by atoms with Gasteiger partial charge in [0.2, 0.25) is 5.78 Å². The van der Waals surface area contributed by atoms with E-state index < -0.39 is 0 Å². The van der Waals surface area contributed by atoms with E-state index >= 15 is 0 Å². The van der Waals surface area contributed by atoms with E-state index in [4.69, 9.17) is 18.9 Å². The number of Topliss-reactive ketones (excluding diaryl/α,β-unsaturated/α-hetero) is 1.